The Balaban J connectivity index is 1.49. The van der Waals surface area contributed by atoms with Crippen LogP contribution in [0.15, 0.2) is 24.5 Å². The average molecular weight is 463 g/mol. The number of pyridine rings is 2. The molecule has 0 radical (unpaired) electrons. The number of hydrogen-bond acceptors (Lipinski definition) is 7. The van der Waals surface area contributed by atoms with Crippen molar-refractivity contribution in [3.63, 3.8) is 0 Å². The smallest absolute Gasteiger partial charge is 0.266 e. The summed E-state index contributed by atoms with van der Waals surface area (Å²) in [6, 6.07) is 4.26. The van der Waals surface area contributed by atoms with Gasteiger partial charge in [0, 0.05) is 42.3 Å². The molecule has 0 aromatic carbocycles. The first-order valence-electron chi connectivity index (χ1n) is 11.4. The number of amides is 1. The Hall–Kier alpha value is -3.04. The van der Waals surface area contributed by atoms with Gasteiger partial charge in [-0.3, -0.25) is 9.48 Å². The molecule has 170 valence electrons. The Bertz CT molecular complexity index is 1390. The molecule has 4 aromatic rings. The second-order valence-corrected chi connectivity index (χ2v) is 10.1. The number of thiophene rings is 1. The van der Waals surface area contributed by atoms with Crippen LogP contribution in [0.2, 0.25) is 0 Å². The molecule has 2 fully saturated rings. The summed E-state index contributed by atoms with van der Waals surface area (Å²) in [4.78, 5) is 26.2. The molecule has 5 heterocycles. The van der Waals surface area contributed by atoms with E-state index in [1.165, 1.54) is 23.3 Å². The summed E-state index contributed by atoms with van der Waals surface area (Å²) in [6.07, 6.45) is 7.27. The first kappa shape index (κ1) is 20.6. The predicted octanol–water partition coefficient (Wildman–Crippen LogP) is 3.96. The number of rotatable bonds is 3. The zero-order valence-electron chi connectivity index (χ0n) is 18.7. The van der Waals surface area contributed by atoms with Crippen molar-refractivity contribution in [2.75, 3.05) is 25.5 Å². The number of ether oxygens (including phenoxy) is 1. The fraction of sp³-hybridized carbons (Fsp3) is 0.417. The maximum Gasteiger partial charge on any atom is 0.266 e. The van der Waals surface area contributed by atoms with Gasteiger partial charge in [-0.1, -0.05) is 6.42 Å². The quantitative estimate of drug-likeness (QED) is 0.495. The van der Waals surface area contributed by atoms with E-state index in [-0.39, 0.29) is 11.9 Å². The number of carbonyl (C=O) groups is 1. The highest BCUT2D eigenvalue weighted by Gasteiger charge is 2.31. The van der Waals surface area contributed by atoms with Crippen LogP contribution in [0.3, 0.4) is 0 Å². The third-order valence-electron chi connectivity index (χ3n) is 6.87. The predicted molar refractivity (Wildman–Crippen MR) is 129 cm³/mol. The van der Waals surface area contributed by atoms with E-state index in [1.807, 2.05) is 31.3 Å². The molecular formula is C24H26N6O2S. The Morgan fingerprint density at radius 1 is 1.30 bits per heavy atom. The van der Waals surface area contributed by atoms with Gasteiger partial charge in [0.2, 0.25) is 0 Å². The summed E-state index contributed by atoms with van der Waals surface area (Å²) >= 11 is 1.41. The zero-order chi connectivity index (χ0) is 22.7. The van der Waals surface area contributed by atoms with Crippen molar-refractivity contribution in [2.24, 2.45) is 7.05 Å². The third kappa shape index (κ3) is 3.38. The molecule has 1 aliphatic heterocycles. The minimum atomic E-state index is -0.0224. The fourth-order valence-electron chi connectivity index (χ4n) is 4.83. The highest BCUT2D eigenvalue weighted by Crippen LogP contribution is 2.46. The van der Waals surface area contributed by atoms with E-state index in [2.05, 4.69) is 22.2 Å². The largest absolute Gasteiger partial charge is 0.397 e. The minimum Gasteiger partial charge on any atom is -0.397 e. The van der Waals surface area contributed by atoms with Crippen molar-refractivity contribution in [2.45, 2.75) is 38.1 Å². The number of anilines is 1. The highest BCUT2D eigenvalue weighted by molar-refractivity contribution is 7.21. The van der Waals surface area contributed by atoms with Crippen molar-refractivity contribution < 1.29 is 9.53 Å². The number of nitrogen functional groups attached to an aromatic ring is 1. The average Bonchev–Trinajstić information content (AvgIpc) is 3.30. The molecule has 8 nitrogen and oxygen atoms in total. The van der Waals surface area contributed by atoms with Gasteiger partial charge >= 0.3 is 0 Å². The van der Waals surface area contributed by atoms with E-state index in [0.29, 0.717) is 36.2 Å². The van der Waals surface area contributed by atoms with Crippen molar-refractivity contribution in [1.82, 2.24) is 24.6 Å². The van der Waals surface area contributed by atoms with Crippen LogP contribution in [0.4, 0.5) is 5.69 Å². The van der Waals surface area contributed by atoms with Crippen LogP contribution in [-0.4, -0.2) is 56.4 Å². The van der Waals surface area contributed by atoms with Crippen molar-refractivity contribution >= 4 is 44.2 Å². The fourth-order valence-corrected chi connectivity index (χ4v) is 5.91. The number of carbonyl (C=O) groups excluding carboxylic acids is 1. The lowest BCUT2D eigenvalue weighted by atomic mass is 9.78. The van der Waals surface area contributed by atoms with E-state index in [1.54, 1.807) is 4.68 Å². The summed E-state index contributed by atoms with van der Waals surface area (Å²) in [5.74, 6) is 0.428. The van der Waals surface area contributed by atoms with Gasteiger partial charge in [-0.05, 0) is 43.4 Å². The van der Waals surface area contributed by atoms with Gasteiger partial charge in [0.15, 0.2) is 5.65 Å². The van der Waals surface area contributed by atoms with E-state index in [0.717, 1.165) is 45.3 Å². The van der Waals surface area contributed by atoms with Gasteiger partial charge in [0.05, 0.1) is 30.6 Å². The van der Waals surface area contributed by atoms with E-state index >= 15 is 0 Å². The first-order chi connectivity index (χ1) is 16.0. The summed E-state index contributed by atoms with van der Waals surface area (Å²) in [5, 5.41) is 6.30. The van der Waals surface area contributed by atoms with Crippen molar-refractivity contribution in [3.05, 3.63) is 35.0 Å². The second-order valence-electron chi connectivity index (χ2n) is 9.11. The van der Waals surface area contributed by atoms with Gasteiger partial charge in [0.1, 0.15) is 9.71 Å². The summed E-state index contributed by atoms with van der Waals surface area (Å²) in [5.41, 5.74) is 10.9. The molecule has 2 aliphatic rings. The molecule has 0 unspecified atom stereocenters. The third-order valence-corrected chi connectivity index (χ3v) is 7.95. The molecule has 9 heteroatoms. The van der Waals surface area contributed by atoms with Crippen LogP contribution in [0, 0.1) is 0 Å². The highest BCUT2D eigenvalue weighted by atomic mass is 32.1. The Morgan fingerprint density at radius 3 is 2.91 bits per heavy atom. The van der Waals surface area contributed by atoms with E-state index in [9.17, 15) is 4.79 Å². The van der Waals surface area contributed by atoms with Gasteiger partial charge in [-0.25, -0.2) is 9.97 Å². The lowest BCUT2D eigenvalue weighted by molar-refractivity contribution is 0.00392. The van der Waals surface area contributed by atoms with Crippen LogP contribution < -0.4 is 5.73 Å². The SMILES string of the molecule is C[C@@H]1COCCN1C(=O)c1sc2nc(-c3cnc4nn(C)cc4c3)cc(C3CCC3)c2c1N. The Kier molecular flexibility index (Phi) is 4.84. The standard InChI is InChI=1S/C24H26N6O2S/c1-13-12-32-7-6-30(13)24(31)21-20(25)19-17(14-4-3-5-14)9-18(27-23(19)33-21)15-8-16-11-29(2)28-22(16)26-10-15/h8-11,13-14H,3-7,12,25H2,1-2H3/t13-/m1/s1. The molecule has 1 atom stereocenters. The topological polar surface area (TPSA) is 99.2 Å². The first-order valence-corrected chi connectivity index (χ1v) is 12.2. The Labute approximate surface area is 195 Å². The molecule has 1 amide bonds. The van der Waals surface area contributed by atoms with E-state index in [4.69, 9.17) is 15.5 Å². The lowest BCUT2D eigenvalue weighted by Gasteiger charge is -2.33. The van der Waals surface area contributed by atoms with Crippen LogP contribution in [0.25, 0.3) is 32.5 Å². The molecule has 2 N–H and O–H groups in total. The summed E-state index contributed by atoms with van der Waals surface area (Å²) in [7, 11) is 1.89. The van der Waals surface area contributed by atoms with Gasteiger partial charge in [-0.15, -0.1) is 11.3 Å². The minimum absolute atomic E-state index is 0.0224. The lowest BCUT2D eigenvalue weighted by Crippen LogP contribution is -2.47. The van der Waals surface area contributed by atoms with Crippen LogP contribution in [0.1, 0.15) is 47.3 Å². The van der Waals surface area contributed by atoms with Gasteiger partial charge < -0.3 is 15.4 Å². The molecular weight excluding hydrogens is 436 g/mol. The molecule has 0 spiro atoms. The molecule has 1 aliphatic carbocycles. The number of hydrogen-bond donors (Lipinski definition) is 1. The number of fused-ring (bicyclic) bond motifs is 2. The second kappa shape index (κ2) is 7.78. The monoisotopic (exact) mass is 462 g/mol. The normalized spacial score (nSPS) is 19.3. The molecule has 4 aromatic heterocycles. The number of nitrogens with two attached hydrogens (primary N) is 1. The molecule has 1 saturated heterocycles. The number of aromatic nitrogens is 4. The number of nitrogens with zero attached hydrogens (tertiary/aromatic N) is 5. The summed E-state index contributed by atoms with van der Waals surface area (Å²) in [6.45, 7) is 3.70. The van der Waals surface area contributed by atoms with Crippen LogP contribution in [-0.2, 0) is 11.8 Å². The number of aryl methyl sites for hydroxylation is 1. The van der Waals surface area contributed by atoms with Crippen molar-refractivity contribution in [3.8, 4) is 11.3 Å². The molecule has 1 saturated carbocycles. The van der Waals surface area contributed by atoms with E-state index < -0.39 is 0 Å². The van der Waals surface area contributed by atoms with Gasteiger partial charge in [-0.2, -0.15) is 5.10 Å². The molecule has 6 rings (SSSR count). The maximum absolute atomic E-state index is 13.4. The molecule has 33 heavy (non-hydrogen) atoms. The van der Waals surface area contributed by atoms with Crippen LogP contribution in [0.5, 0.6) is 0 Å². The number of morpholine rings is 1. The maximum atomic E-state index is 13.4. The zero-order valence-corrected chi connectivity index (χ0v) is 19.6. The van der Waals surface area contributed by atoms with Crippen molar-refractivity contribution in [1.29, 1.82) is 0 Å². The molecule has 0 bridgehead atoms. The van der Waals surface area contributed by atoms with Crippen LogP contribution >= 0.6 is 11.3 Å². The van der Waals surface area contributed by atoms with Gasteiger partial charge in [0.25, 0.3) is 5.91 Å². The summed E-state index contributed by atoms with van der Waals surface area (Å²) < 4.78 is 7.28. The Morgan fingerprint density at radius 2 is 2.15 bits per heavy atom.